The molecule has 0 aromatic carbocycles. The second-order valence-corrected chi connectivity index (χ2v) is 5.75. The highest BCUT2D eigenvalue weighted by Crippen LogP contribution is 2.23. The fourth-order valence-electron chi connectivity index (χ4n) is 2.99. The molecule has 104 valence electrons. The summed E-state index contributed by atoms with van der Waals surface area (Å²) in [6.07, 6.45) is 7.52. The fraction of sp³-hybridized carbons (Fsp3) is 0.929. The number of rotatable bonds is 4. The van der Waals surface area contributed by atoms with Crippen LogP contribution in [-0.2, 0) is 4.79 Å². The fourth-order valence-corrected chi connectivity index (χ4v) is 2.99. The zero-order valence-corrected chi connectivity index (χ0v) is 11.2. The minimum absolute atomic E-state index is 0.0868. The normalized spacial score (nSPS) is 29.3. The van der Waals surface area contributed by atoms with Crippen molar-refractivity contribution in [2.45, 2.75) is 51.0 Å². The Morgan fingerprint density at radius 1 is 1.11 bits per heavy atom. The van der Waals surface area contributed by atoms with E-state index in [4.69, 9.17) is 0 Å². The summed E-state index contributed by atoms with van der Waals surface area (Å²) in [4.78, 5) is 13.9. The maximum absolute atomic E-state index is 11.9. The molecule has 2 aliphatic rings. The molecule has 18 heavy (non-hydrogen) atoms. The Hall–Kier alpha value is -0.610. The Morgan fingerprint density at radius 2 is 1.78 bits per heavy atom. The van der Waals surface area contributed by atoms with Crippen molar-refractivity contribution in [1.29, 1.82) is 0 Å². The van der Waals surface area contributed by atoms with Crippen LogP contribution in [0.2, 0.25) is 0 Å². The van der Waals surface area contributed by atoms with E-state index >= 15 is 0 Å². The third kappa shape index (κ3) is 4.25. The number of piperidine rings is 1. The van der Waals surface area contributed by atoms with Gasteiger partial charge in [-0.1, -0.05) is 0 Å². The SMILES string of the molecule is O=C(CNCC1CCC(O)CC1)N1CCCCC1. The van der Waals surface area contributed by atoms with Gasteiger partial charge in [0.25, 0.3) is 0 Å². The maximum atomic E-state index is 11.9. The van der Waals surface area contributed by atoms with Crippen molar-refractivity contribution in [2.75, 3.05) is 26.2 Å². The number of amides is 1. The third-order valence-electron chi connectivity index (χ3n) is 4.23. The van der Waals surface area contributed by atoms with E-state index in [-0.39, 0.29) is 12.0 Å². The molecule has 0 spiro atoms. The van der Waals surface area contributed by atoms with E-state index in [1.807, 2.05) is 4.90 Å². The van der Waals surface area contributed by atoms with Gasteiger partial charge in [-0.05, 0) is 57.4 Å². The lowest BCUT2D eigenvalue weighted by Crippen LogP contribution is -2.42. The van der Waals surface area contributed by atoms with E-state index in [1.165, 1.54) is 6.42 Å². The van der Waals surface area contributed by atoms with Gasteiger partial charge in [-0.2, -0.15) is 0 Å². The lowest BCUT2D eigenvalue weighted by Gasteiger charge is -2.28. The summed E-state index contributed by atoms with van der Waals surface area (Å²) in [6, 6.07) is 0. The van der Waals surface area contributed by atoms with Crippen LogP contribution in [0.5, 0.6) is 0 Å². The summed E-state index contributed by atoms with van der Waals surface area (Å²) in [5.41, 5.74) is 0. The van der Waals surface area contributed by atoms with Crippen LogP contribution in [0.1, 0.15) is 44.9 Å². The van der Waals surface area contributed by atoms with Crippen LogP contribution in [0, 0.1) is 5.92 Å². The number of hydrogen-bond acceptors (Lipinski definition) is 3. The van der Waals surface area contributed by atoms with Gasteiger partial charge in [-0.25, -0.2) is 0 Å². The van der Waals surface area contributed by atoms with Gasteiger partial charge < -0.3 is 15.3 Å². The van der Waals surface area contributed by atoms with Gasteiger partial charge in [0.2, 0.25) is 5.91 Å². The molecule has 0 radical (unpaired) electrons. The highest BCUT2D eigenvalue weighted by molar-refractivity contribution is 5.78. The van der Waals surface area contributed by atoms with Crippen LogP contribution in [0.15, 0.2) is 0 Å². The van der Waals surface area contributed by atoms with E-state index in [1.54, 1.807) is 0 Å². The van der Waals surface area contributed by atoms with Crippen molar-refractivity contribution < 1.29 is 9.90 Å². The molecule has 4 nitrogen and oxygen atoms in total. The molecule has 1 amide bonds. The summed E-state index contributed by atoms with van der Waals surface area (Å²) < 4.78 is 0. The summed E-state index contributed by atoms with van der Waals surface area (Å²) in [5, 5.41) is 12.7. The van der Waals surface area contributed by atoms with Gasteiger partial charge in [0.15, 0.2) is 0 Å². The zero-order valence-electron chi connectivity index (χ0n) is 11.2. The number of aliphatic hydroxyl groups is 1. The Labute approximate surface area is 110 Å². The number of nitrogens with zero attached hydrogens (tertiary/aromatic N) is 1. The Kier molecular flexibility index (Phi) is 5.45. The van der Waals surface area contributed by atoms with Crippen molar-refractivity contribution in [3.63, 3.8) is 0 Å². The topological polar surface area (TPSA) is 52.6 Å². The number of likely N-dealkylation sites (tertiary alicyclic amines) is 1. The molecule has 2 fully saturated rings. The molecule has 0 atom stereocenters. The first-order valence-electron chi connectivity index (χ1n) is 7.42. The monoisotopic (exact) mass is 254 g/mol. The van der Waals surface area contributed by atoms with Gasteiger partial charge in [0, 0.05) is 13.1 Å². The lowest BCUT2D eigenvalue weighted by atomic mass is 9.87. The van der Waals surface area contributed by atoms with Crippen LogP contribution >= 0.6 is 0 Å². The van der Waals surface area contributed by atoms with Crippen molar-refractivity contribution in [3.8, 4) is 0 Å². The molecule has 1 saturated heterocycles. The molecule has 2 rings (SSSR count). The molecule has 2 N–H and O–H groups in total. The Morgan fingerprint density at radius 3 is 2.44 bits per heavy atom. The van der Waals surface area contributed by atoms with Crippen LogP contribution in [0.25, 0.3) is 0 Å². The predicted octanol–water partition coefficient (Wildman–Crippen LogP) is 1.14. The van der Waals surface area contributed by atoms with E-state index < -0.39 is 0 Å². The number of nitrogens with one attached hydrogen (secondary N) is 1. The smallest absolute Gasteiger partial charge is 0.236 e. The van der Waals surface area contributed by atoms with Crippen molar-refractivity contribution >= 4 is 5.91 Å². The first-order valence-corrected chi connectivity index (χ1v) is 7.42. The van der Waals surface area contributed by atoms with E-state index in [2.05, 4.69) is 5.32 Å². The maximum Gasteiger partial charge on any atom is 0.236 e. The molecule has 0 unspecified atom stereocenters. The van der Waals surface area contributed by atoms with Crippen molar-refractivity contribution in [1.82, 2.24) is 10.2 Å². The summed E-state index contributed by atoms with van der Waals surface area (Å²) in [6.45, 7) is 3.29. The van der Waals surface area contributed by atoms with Crippen molar-refractivity contribution in [3.05, 3.63) is 0 Å². The van der Waals surface area contributed by atoms with Crippen LogP contribution in [-0.4, -0.2) is 48.2 Å². The van der Waals surface area contributed by atoms with Gasteiger partial charge in [0.1, 0.15) is 0 Å². The van der Waals surface area contributed by atoms with Crippen LogP contribution < -0.4 is 5.32 Å². The quantitative estimate of drug-likeness (QED) is 0.791. The Balaban J connectivity index is 1.58. The molecule has 1 aliphatic heterocycles. The summed E-state index contributed by atoms with van der Waals surface area (Å²) in [5.74, 6) is 0.896. The molecule has 4 heteroatoms. The number of carbonyl (C=O) groups is 1. The molecule has 1 heterocycles. The van der Waals surface area contributed by atoms with E-state index in [0.29, 0.717) is 12.5 Å². The molecular formula is C14H26N2O2. The first-order chi connectivity index (χ1) is 8.75. The van der Waals surface area contributed by atoms with Gasteiger partial charge in [-0.3, -0.25) is 4.79 Å². The minimum atomic E-state index is -0.0868. The molecule has 0 aromatic rings. The zero-order chi connectivity index (χ0) is 12.8. The van der Waals surface area contributed by atoms with E-state index in [0.717, 1.165) is 58.2 Å². The van der Waals surface area contributed by atoms with Crippen LogP contribution in [0.3, 0.4) is 0 Å². The van der Waals surface area contributed by atoms with Crippen LogP contribution in [0.4, 0.5) is 0 Å². The predicted molar refractivity (Wildman–Crippen MR) is 71.3 cm³/mol. The number of aliphatic hydroxyl groups excluding tert-OH is 1. The average molecular weight is 254 g/mol. The number of carbonyl (C=O) groups excluding carboxylic acids is 1. The first kappa shape index (κ1) is 13.8. The van der Waals surface area contributed by atoms with Crippen molar-refractivity contribution in [2.24, 2.45) is 5.92 Å². The number of hydrogen-bond donors (Lipinski definition) is 2. The molecule has 0 bridgehead atoms. The lowest BCUT2D eigenvalue weighted by molar-refractivity contribution is -0.131. The average Bonchev–Trinajstić information content (AvgIpc) is 2.42. The van der Waals surface area contributed by atoms with E-state index in [9.17, 15) is 9.90 Å². The highest BCUT2D eigenvalue weighted by Gasteiger charge is 2.20. The van der Waals surface area contributed by atoms with Gasteiger partial charge >= 0.3 is 0 Å². The minimum Gasteiger partial charge on any atom is -0.393 e. The Bertz CT molecular complexity index is 257. The van der Waals surface area contributed by atoms with Gasteiger partial charge in [0.05, 0.1) is 12.6 Å². The second-order valence-electron chi connectivity index (χ2n) is 5.75. The summed E-state index contributed by atoms with van der Waals surface area (Å²) in [7, 11) is 0. The molecule has 1 saturated carbocycles. The third-order valence-corrected chi connectivity index (χ3v) is 4.23. The van der Waals surface area contributed by atoms with Gasteiger partial charge in [-0.15, -0.1) is 0 Å². The molecule has 1 aliphatic carbocycles. The molecular weight excluding hydrogens is 228 g/mol. The molecule has 0 aromatic heterocycles. The second kappa shape index (κ2) is 7.10. The summed E-state index contributed by atoms with van der Waals surface area (Å²) >= 11 is 0. The highest BCUT2D eigenvalue weighted by atomic mass is 16.3. The largest absolute Gasteiger partial charge is 0.393 e. The standard InChI is InChI=1S/C14H26N2O2/c17-13-6-4-12(5-7-13)10-15-11-14(18)16-8-2-1-3-9-16/h12-13,15,17H,1-11H2.